The van der Waals surface area contributed by atoms with E-state index in [2.05, 4.69) is 15.4 Å². The van der Waals surface area contributed by atoms with E-state index in [1.165, 1.54) is 25.6 Å². The van der Waals surface area contributed by atoms with Crippen LogP contribution in [0.25, 0.3) is 0 Å². The standard InChI is InChI=1S/C16H16N2O4S2/c1-9-8-12(15(20)22-3)13(24-9)18-16(23)17-11-6-4-10(5-7-11)14(19)21-2/h4-8H,1-3H3,(H2,17,18,23). The molecule has 2 aromatic rings. The lowest BCUT2D eigenvalue weighted by atomic mass is 10.2. The Morgan fingerprint density at radius 1 is 1.04 bits per heavy atom. The summed E-state index contributed by atoms with van der Waals surface area (Å²) in [5.41, 5.74) is 1.59. The van der Waals surface area contributed by atoms with E-state index in [1.54, 1.807) is 30.3 Å². The van der Waals surface area contributed by atoms with Crippen molar-refractivity contribution in [3.63, 3.8) is 0 Å². The average molecular weight is 364 g/mol. The second-order valence-electron chi connectivity index (χ2n) is 4.74. The number of nitrogens with one attached hydrogen (secondary N) is 2. The van der Waals surface area contributed by atoms with E-state index < -0.39 is 11.9 Å². The molecular formula is C16H16N2O4S2. The molecule has 2 N–H and O–H groups in total. The van der Waals surface area contributed by atoms with Crippen LogP contribution in [0.2, 0.25) is 0 Å². The number of carbonyl (C=O) groups excluding carboxylic acids is 2. The normalized spacial score (nSPS) is 9.96. The molecule has 0 atom stereocenters. The van der Waals surface area contributed by atoms with E-state index in [0.717, 1.165) is 4.88 Å². The van der Waals surface area contributed by atoms with Gasteiger partial charge in [0, 0.05) is 10.6 Å². The highest BCUT2D eigenvalue weighted by Crippen LogP contribution is 2.28. The molecule has 8 heteroatoms. The van der Waals surface area contributed by atoms with Crippen LogP contribution in [0.1, 0.15) is 25.6 Å². The van der Waals surface area contributed by atoms with Crippen molar-refractivity contribution in [3.05, 3.63) is 46.3 Å². The quantitative estimate of drug-likeness (QED) is 0.636. The first-order chi connectivity index (χ1) is 11.4. The Labute approximate surface area is 148 Å². The fourth-order valence-electron chi connectivity index (χ4n) is 1.94. The van der Waals surface area contributed by atoms with Crippen LogP contribution in [-0.4, -0.2) is 31.3 Å². The monoisotopic (exact) mass is 364 g/mol. The molecule has 0 saturated carbocycles. The number of esters is 2. The third-order valence-corrected chi connectivity index (χ3v) is 4.22. The van der Waals surface area contributed by atoms with Gasteiger partial charge in [0.25, 0.3) is 0 Å². The number of carbonyl (C=O) groups is 2. The Kier molecular flexibility index (Phi) is 5.88. The number of ether oxygens (including phenoxy) is 2. The second kappa shape index (κ2) is 7.89. The topological polar surface area (TPSA) is 76.7 Å². The highest BCUT2D eigenvalue weighted by Gasteiger charge is 2.16. The number of benzene rings is 1. The van der Waals surface area contributed by atoms with Crippen molar-refractivity contribution in [1.82, 2.24) is 0 Å². The van der Waals surface area contributed by atoms with E-state index in [-0.39, 0.29) is 0 Å². The maximum atomic E-state index is 11.8. The zero-order valence-electron chi connectivity index (χ0n) is 13.3. The molecule has 0 radical (unpaired) electrons. The molecule has 126 valence electrons. The van der Waals surface area contributed by atoms with Crippen LogP contribution in [-0.2, 0) is 9.47 Å². The van der Waals surface area contributed by atoms with Crippen LogP contribution in [0.5, 0.6) is 0 Å². The average Bonchev–Trinajstić information content (AvgIpc) is 2.94. The van der Waals surface area contributed by atoms with Gasteiger partial charge in [-0.05, 0) is 49.5 Å². The highest BCUT2D eigenvalue weighted by atomic mass is 32.1. The lowest BCUT2D eigenvalue weighted by molar-refractivity contribution is 0.0592. The molecule has 6 nitrogen and oxygen atoms in total. The van der Waals surface area contributed by atoms with Crippen LogP contribution < -0.4 is 10.6 Å². The summed E-state index contributed by atoms with van der Waals surface area (Å²) in [6.07, 6.45) is 0. The lowest BCUT2D eigenvalue weighted by Gasteiger charge is -2.10. The molecule has 0 unspecified atom stereocenters. The van der Waals surface area contributed by atoms with E-state index in [1.807, 2.05) is 6.92 Å². The van der Waals surface area contributed by atoms with E-state index in [4.69, 9.17) is 17.0 Å². The van der Waals surface area contributed by atoms with Crippen molar-refractivity contribution in [3.8, 4) is 0 Å². The smallest absolute Gasteiger partial charge is 0.340 e. The minimum atomic E-state index is -0.424. The molecule has 1 aromatic heterocycles. The van der Waals surface area contributed by atoms with Crippen LogP contribution >= 0.6 is 23.6 Å². The third-order valence-electron chi connectivity index (χ3n) is 3.05. The molecule has 1 aromatic carbocycles. The maximum absolute atomic E-state index is 11.8. The number of anilines is 2. The molecule has 0 fully saturated rings. The highest BCUT2D eigenvalue weighted by molar-refractivity contribution is 7.80. The Bertz CT molecular complexity index is 769. The maximum Gasteiger partial charge on any atom is 0.340 e. The summed E-state index contributed by atoms with van der Waals surface area (Å²) in [6, 6.07) is 8.42. The molecule has 24 heavy (non-hydrogen) atoms. The summed E-state index contributed by atoms with van der Waals surface area (Å²) < 4.78 is 9.40. The Morgan fingerprint density at radius 3 is 2.25 bits per heavy atom. The molecule has 0 aliphatic rings. The second-order valence-corrected chi connectivity index (χ2v) is 6.40. The van der Waals surface area contributed by atoms with E-state index >= 15 is 0 Å². The van der Waals surface area contributed by atoms with Gasteiger partial charge in [-0.3, -0.25) is 0 Å². The van der Waals surface area contributed by atoms with Crippen LogP contribution in [0.15, 0.2) is 30.3 Å². The van der Waals surface area contributed by atoms with Crippen molar-refractivity contribution < 1.29 is 19.1 Å². The van der Waals surface area contributed by atoms with Crippen LogP contribution in [0.4, 0.5) is 10.7 Å². The van der Waals surface area contributed by atoms with Gasteiger partial charge in [0.2, 0.25) is 0 Å². The fraction of sp³-hybridized carbons (Fsp3) is 0.188. The van der Waals surface area contributed by atoms with Gasteiger partial charge >= 0.3 is 11.9 Å². The lowest BCUT2D eigenvalue weighted by Crippen LogP contribution is -2.20. The van der Waals surface area contributed by atoms with Gasteiger partial charge in [-0.1, -0.05) is 0 Å². The Hall–Kier alpha value is -2.45. The van der Waals surface area contributed by atoms with Crippen molar-refractivity contribution in [2.24, 2.45) is 0 Å². The number of thiophene rings is 1. The molecule has 2 rings (SSSR count). The molecule has 0 saturated heterocycles. The number of thiocarbonyl (C=S) groups is 1. The number of hydrogen-bond acceptors (Lipinski definition) is 6. The first-order valence-corrected chi connectivity index (χ1v) is 8.12. The van der Waals surface area contributed by atoms with Crippen molar-refractivity contribution >= 4 is 51.3 Å². The van der Waals surface area contributed by atoms with Gasteiger partial charge in [-0.2, -0.15) is 0 Å². The molecule has 0 aliphatic heterocycles. The zero-order chi connectivity index (χ0) is 17.7. The molecule has 1 heterocycles. The summed E-state index contributed by atoms with van der Waals surface area (Å²) in [7, 11) is 2.66. The van der Waals surface area contributed by atoms with Gasteiger partial charge < -0.3 is 20.1 Å². The summed E-state index contributed by atoms with van der Waals surface area (Å²) in [4.78, 5) is 24.1. The van der Waals surface area contributed by atoms with Crippen molar-refractivity contribution in [1.29, 1.82) is 0 Å². The van der Waals surface area contributed by atoms with Gasteiger partial charge in [0.1, 0.15) is 5.00 Å². The number of methoxy groups -OCH3 is 2. The number of rotatable bonds is 4. The predicted octanol–water partition coefficient (Wildman–Crippen LogP) is 3.44. The van der Waals surface area contributed by atoms with E-state index in [9.17, 15) is 9.59 Å². The largest absolute Gasteiger partial charge is 0.465 e. The molecule has 0 amide bonds. The van der Waals surface area contributed by atoms with Gasteiger partial charge in [0.05, 0.1) is 25.3 Å². The summed E-state index contributed by atoms with van der Waals surface area (Å²) in [5, 5.41) is 6.92. The van der Waals surface area contributed by atoms with Gasteiger partial charge in [-0.25, -0.2) is 9.59 Å². The fourth-order valence-corrected chi connectivity index (χ4v) is 3.13. The van der Waals surface area contributed by atoms with Crippen LogP contribution in [0.3, 0.4) is 0 Å². The SMILES string of the molecule is COC(=O)c1ccc(NC(=S)Nc2sc(C)cc2C(=O)OC)cc1. The van der Waals surface area contributed by atoms with Gasteiger partial charge in [-0.15, -0.1) is 11.3 Å². The molecule has 0 aliphatic carbocycles. The van der Waals surface area contributed by atoms with Gasteiger partial charge in [0.15, 0.2) is 5.11 Å². The predicted molar refractivity (Wildman–Crippen MR) is 98.0 cm³/mol. The number of hydrogen-bond donors (Lipinski definition) is 2. The third kappa shape index (κ3) is 4.30. The minimum Gasteiger partial charge on any atom is -0.465 e. The molecule has 0 spiro atoms. The molecular weight excluding hydrogens is 348 g/mol. The minimum absolute atomic E-state index is 0.327. The summed E-state index contributed by atoms with van der Waals surface area (Å²) >= 11 is 6.66. The first kappa shape index (κ1) is 17.9. The summed E-state index contributed by atoms with van der Waals surface area (Å²) in [5.74, 6) is -0.828. The summed E-state index contributed by atoms with van der Waals surface area (Å²) in [6.45, 7) is 1.89. The van der Waals surface area contributed by atoms with Crippen LogP contribution in [0, 0.1) is 6.92 Å². The first-order valence-electron chi connectivity index (χ1n) is 6.89. The number of aryl methyl sites for hydroxylation is 1. The molecule has 0 bridgehead atoms. The zero-order valence-corrected chi connectivity index (χ0v) is 15.0. The Balaban J connectivity index is 2.06. The van der Waals surface area contributed by atoms with Crippen molar-refractivity contribution in [2.45, 2.75) is 6.92 Å². The van der Waals surface area contributed by atoms with Crippen molar-refractivity contribution in [2.75, 3.05) is 24.9 Å². The van der Waals surface area contributed by atoms with E-state index in [0.29, 0.717) is 26.9 Å². The Morgan fingerprint density at radius 2 is 1.67 bits per heavy atom.